The molecule has 1 amide bonds. The molecular weight excluding hydrogens is 803 g/mol. The van der Waals surface area contributed by atoms with E-state index < -0.39 is 12.1 Å². The van der Waals surface area contributed by atoms with E-state index in [0.29, 0.717) is 19.4 Å². The molecule has 0 aromatic carbocycles. The Morgan fingerprint density at radius 2 is 0.723 bits per heavy atom. The van der Waals surface area contributed by atoms with Gasteiger partial charge in [0.25, 0.3) is 0 Å². The van der Waals surface area contributed by atoms with E-state index in [-0.39, 0.29) is 18.5 Å². The molecule has 0 radical (unpaired) electrons. The summed E-state index contributed by atoms with van der Waals surface area (Å²) in [7, 11) is 0. The molecule has 3 N–H and O–H groups in total. The molecule has 2 unspecified atom stereocenters. The number of hydrogen-bond donors (Lipinski definition) is 3. The SMILES string of the molecule is CCCCCCCCCCCCCC/C=C/C(O)C(CO)NC(=O)CCCCCCC/C=C\CCCCCCCCCOC(=O)CCCCCCCCCCCCCCCCCCCC. The van der Waals surface area contributed by atoms with Gasteiger partial charge in [-0.15, -0.1) is 0 Å². The van der Waals surface area contributed by atoms with Gasteiger partial charge in [0.15, 0.2) is 0 Å². The first-order valence-electron chi connectivity index (χ1n) is 29.1. The Morgan fingerprint density at radius 1 is 0.415 bits per heavy atom. The number of allylic oxidation sites excluding steroid dienone is 3. The van der Waals surface area contributed by atoms with Crippen molar-refractivity contribution in [2.45, 2.75) is 328 Å². The molecule has 6 nitrogen and oxygen atoms in total. The number of unbranched alkanes of at least 4 members (excludes halogenated alkanes) is 41. The Kier molecular flexibility index (Phi) is 53.5. The Labute approximate surface area is 405 Å². The van der Waals surface area contributed by atoms with Crippen LogP contribution in [0.25, 0.3) is 0 Å². The first kappa shape index (κ1) is 63.3. The molecule has 0 aromatic heterocycles. The van der Waals surface area contributed by atoms with Gasteiger partial charge in [-0.05, 0) is 57.8 Å². The zero-order valence-electron chi connectivity index (χ0n) is 43.7. The summed E-state index contributed by atoms with van der Waals surface area (Å²) in [6.45, 7) is 4.89. The van der Waals surface area contributed by atoms with E-state index in [4.69, 9.17) is 4.74 Å². The second kappa shape index (κ2) is 54.9. The summed E-state index contributed by atoms with van der Waals surface area (Å²) >= 11 is 0. The lowest BCUT2D eigenvalue weighted by Gasteiger charge is -2.20. The zero-order chi connectivity index (χ0) is 47.2. The maximum Gasteiger partial charge on any atom is 0.305 e. The fourth-order valence-corrected chi connectivity index (χ4v) is 8.98. The summed E-state index contributed by atoms with van der Waals surface area (Å²) in [4.78, 5) is 24.5. The number of ether oxygens (including phenoxy) is 1. The fraction of sp³-hybridized carbons (Fsp3) is 0.898. The van der Waals surface area contributed by atoms with E-state index in [0.717, 1.165) is 64.2 Å². The Hall–Kier alpha value is -1.66. The van der Waals surface area contributed by atoms with E-state index in [2.05, 4.69) is 31.3 Å². The van der Waals surface area contributed by atoms with Crippen LogP contribution < -0.4 is 5.32 Å². The molecule has 0 bridgehead atoms. The average Bonchev–Trinajstić information content (AvgIpc) is 3.31. The van der Waals surface area contributed by atoms with Crippen LogP contribution in [0.2, 0.25) is 0 Å². The van der Waals surface area contributed by atoms with Crippen molar-refractivity contribution in [1.29, 1.82) is 0 Å². The first-order chi connectivity index (χ1) is 32.0. The third-order valence-corrected chi connectivity index (χ3v) is 13.5. The van der Waals surface area contributed by atoms with Crippen molar-refractivity contribution in [3.8, 4) is 0 Å². The van der Waals surface area contributed by atoms with Crippen molar-refractivity contribution in [2.75, 3.05) is 13.2 Å². The lowest BCUT2D eigenvalue weighted by atomic mass is 10.0. The third-order valence-electron chi connectivity index (χ3n) is 13.5. The quantitative estimate of drug-likeness (QED) is 0.0321. The largest absolute Gasteiger partial charge is 0.466 e. The number of esters is 1. The van der Waals surface area contributed by atoms with Crippen LogP contribution in [0.1, 0.15) is 316 Å². The number of carbonyl (C=O) groups is 2. The van der Waals surface area contributed by atoms with Crippen molar-refractivity contribution in [3.05, 3.63) is 24.3 Å². The number of aliphatic hydroxyl groups is 2. The molecule has 384 valence electrons. The van der Waals surface area contributed by atoms with Gasteiger partial charge in [-0.1, -0.05) is 269 Å². The third kappa shape index (κ3) is 51.6. The van der Waals surface area contributed by atoms with Gasteiger partial charge in [0.05, 0.1) is 25.4 Å². The Morgan fingerprint density at radius 3 is 1.09 bits per heavy atom. The van der Waals surface area contributed by atoms with Gasteiger partial charge in [0, 0.05) is 12.8 Å². The number of aliphatic hydroxyl groups excluding tert-OH is 2. The van der Waals surface area contributed by atoms with E-state index in [1.54, 1.807) is 6.08 Å². The minimum atomic E-state index is -0.854. The van der Waals surface area contributed by atoms with Gasteiger partial charge >= 0.3 is 5.97 Å². The molecule has 0 aromatic rings. The lowest BCUT2D eigenvalue weighted by Crippen LogP contribution is -2.45. The summed E-state index contributed by atoms with van der Waals surface area (Å²) < 4.78 is 5.48. The van der Waals surface area contributed by atoms with Crippen LogP contribution in [0.5, 0.6) is 0 Å². The van der Waals surface area contributed by atoms with Gasteiger partial charge in [-0.3, -0.25) is 9.59 Å². The monoisotopic (exact) mass is 916 g/mol. The highest BCUT2D eigenvalue weighted by molar-refractivity contribution is 5.76. The molecule has 0 saturated heterocycles. The second-order valence-corrected chi connectivity index (χ2v) is 20.0. The number of rotatable bonds is 54. The van der Waals surface area contributed by atoms with Crippen LogP contribution in [-0.2, 0) is 14.3 Å². The minimum Gasteiger partial charge on any atom is -0.466 e. The summed E-state index contributed by atoms with van der Waals surface area (Å²) in [5.41, 5.74) is 0. The molecule has 0 saturated carbocycles. The molecule has 0 aliphatic rings. The molecule has 2 atom stereocenters. The maximum atomic E-state index is 12.4. The average molecular weight is 917 g/mol. The Bertz CT molecular complexity index is 1010. The van der Waals surface area contributed by atoms with Crippen molar-refractivity contribution >= 4 is 11.9 Å². The predicted molar refractivity (Wildman–Crippen MR) is 283 cm³/mol. The van der Waals surface area contributed by atoms with Gasteiger partial charge < -0.3 is 20.3 Å². The minimum absolute atomic E-state index is 0.000593. The molecule has 0 aliphatic carbocycles. The highest BCUT2D eigenvalue weighted by Gasteiger charge is 2.18. The van der Waals surface area contributed by atoms with Crippen LogP contribution in [-0.4, -0.2) is 47.4 Å². The van der Waals surface area contributed by atoms with Crippen LogP contribution in [0.15, 0.2) is 24.3 Å². The van der Waals surface area contributed by atoms with E-state index in [1.807, 2.05) is 6.08 Å². The van der Waals surface area contributed by atoms with Crippen molar-refractivity contribution in [3.63, 3.8) is 0 Å². The first-order valence-corrected chi connectivity index (χ1v) is 29.1. The molecule has 0 spiro atoms. The zero-order valence-corrected chi connectivity index (χ0v) is 43.7. The topological polar surface area (TPSA) is 95.9 Å². The molecule has 6 heteroatoms. The summed E-state index contributed by atoms with van der Waals surface area (Å²) in [5.74, 6) is -0.0836. The van der Waals surface area contributed by atoms with Crippen LogP contribution in [0, 0.1) is 0 Å². The summed E-state index contributed by atoms with van der Waals surface area (Å²) in [6.07, 6.45) is 66.3. The molecule has 0 heterocycles. The molecule has 0 rings (SSSR count). The van der Waals surface area contributed by atoms with Crippen molar-refractivity contribution < 1.29 is 24.5 Å². The molecular formula is C59H113NO5. The van der Waals surface area contributed by atoms with Crippen LogP contribution in [0.3, 0.4) is 0 Å². The standard InChI is InChI=1S/C59H113NO5/c1-3-5-7-9-11-13-15-17-19-20-21-25-29-33-37-41-45-49-53-59(64)65-54-50-46-42-38-34-30-26-23-22-24-28-32-36-40-44-48-52-58(63)60-56(55-61)57(62)51-47-43-39-35-31-27-18-16-14-12-10-8-6-4-2/h22,24,47,51,56-57,61-62H,3-21,23,25-46,48-50,52-55H2,1-2H3,(H,60,63)/b24-22-,51-47+. The predicted octanol–water partition coefficient (Wildman–Crippen LogP) is 17.9. The highest BCUT2D eigenvalue weighted by atomic mass is 16.5. The maximum absolute atomic E-state index is 12.4. The number of nitrogens with one attached hydrogen (secondary N) is 1. The normalized spacial score (nSPS) is 12.7. The fourth-order valence-electron chi connectivity index (χ4n) is 8.98. The smallest absolute Gasteiger partial charge is 0.305 e. The van der Waals surface area contributed by atoms with Gasteiger partial charge in [0.1, 0.15) is 0 Å². The van der Waals surface area contributed by atoms with Gasteiger partial charge in [0.2, 0.25) is 5.91 Å². The second-order valence-electron chi connectivity index (χ2n) is 20.0. The highest BCUT2D eigenvalue weighted by Crippen LogP contribution is 2.17. The summed E-state index contributed by atoms with van der Waals surface area (Å²) in [6, 6.07) is -0.639. The van der Waals surface area contributed by atoms with Crippen molar-refractivity contribution in [1.82, 2.24) is 5.32 Å². The molecule has 0 aliphatic heterocycles. The summed E-state index contributed by atoms with van der Waals surface area (Å²) in [5, 5.41) is 23.1. The van der Waals surface area contributed by atoms with E-state index >= 15 is 0 Å². The van der Waals surface area contributed by atoms with Crippen molar-refractivity contribution in [2.24, 2.45) is 0 Å². The number of hydrogen-bond acceptors (Lipinski definition) is 5. The molecule has 0 fully saturated rings. The van der Waals surface area contributed by atoms with E-state index in [9.17, 15) is 19.8 Å². The van der Waals surface area contributed by atoms with Gasteiger partial charge in [-0.2, -0.15) is 0 Å². The van der Waals surface area contributed by atoms with Crippen LogP contribution >= 0.6 is 0 Å². The van der Waals surface area contributed by atoms with Gasteiger partial charge in [-0.25, -0.2) is 0 Å². The molecule has 65 heavy (non-hydrogen) atoms. The lowest BCUT2D eigenvalue weighted by molar-refractivity contribution is -0.143. The Balaban J connectivity index is 3.46. The number of amides is 1. The number of carbonyl (C=O) groups excluding carboxylic acids is 2. The van der Waals surface area contributed by atoms with E-state index in [1.165, 1.54) is 225 Å². The van der Waals surface area contributed by atoms with Crippen LogP contribution in [0.4, 0.5) is 0 Å².